The first-order valence-corrected chi connectivity index (χ1v) is 3.48. The van der Waals surface area contributed by atoms with Crippen molar-refractivity contribution in [2.75, 3.05) is 6.54 Å². The van der Waals surface area contributed by atoms with Gasteiger partial charge in [-0.05, 0) is 32.0 Å². The van der Waals surface area contributed by atoms with Crippen molar-refractivity contribution in [2.24, 2.45) is 11.5 Å². The molecule has 0 aliphatic carbocycles. The van der Waals surface area contributed by atoms with Crippen LogP contribution < -0.4 is 11.5 Å². The van der Waals surface area contributed by atoms with Crippen molar-refractivity contribution < 1.29 is 0 Å². The van der Waals surface area contributed by atoms with E-state index in [4.69, 9.17) is 11.5 Å². The first-order chi connectivity index (χ1) is 4.41. The lowest BCUT2D eigenvalue weighted by Crippen LogP contribution is -1.97. The topological polar surface area (TPSA) is 52.0 Å². The van der Waals surface area contributed by atoms with Gasteiger partial charge in [-0.25, -0.2) is 0 Å². The summed E-state index contributed by atoms with van der Waals surface area (Å²) in [5, 5.41) is 0. The molecule has 0 saturated heterocycles. The zero-order valence-corrected chi connectivity index (χ0v) is 5.84. The molecule has 0 heterocycles. The molecule has 9 heavy (non-hydrogen) atoms. The summed E-state index contributed by atoms with van der Waals surface area (Å²) in [5.74, 6) is 0. The monoisotopic (exact) mass is 128 g/mol. The highest BCUT2D eigenvalue weighted by Crippen LogP contribution is 1.97. The number of nitrogens with two attached hydrogens (primary N) is 2. The summed E-state index contributed by atoms with van der Waals surface area (Å²) in [7, 11) is 0. The van der Waals surface area contributed by atoms with Gasteiger partial charge < -0.3 is 11.5 Å². The first kappa shape index (κ1) is 8.50. The fraction of sp³-hybridized carbons (Fsp3) is 0.714. The summed E-state index contributed by atoms with van der Waals surface area (Å²) in [6.07, 6.45) is 8.25. The molecule has 0 unspecified atom stereocenters. The Bertz CT molecular complexity index is 69.3. The van der Waals surface area contributed by atoms with Gasteiger partial charge in [-0.1, -0.05) is 12.5 Å². The van der Waals surface area contributed by atoms with Gasteiger partial charge in [-0.15, -0.1) is 0 Å². The van der Waals surface area contributed by atoms with Crippen LogP contribution in [0.3, 0.4) is 0 Å². The van der Waals surface area contributed by atoms with Crippen molar-refractivity contribution in [3.63, 3.8) is 0 Å². The minimum Gasteiger partial charge on any atom is -0.405 e. The maximum Gasteiger partial charge on any atom is -0.00773 e. The number of hydrogen-bond acceptors (Lipinski definition) is 2. The van der Waals surface area contributed by atoms with E-state index in [1.807, 2.05) is 6.08 Å². The molecule has 0 spiro atoms. The predicted molar refractivity (Wildman–Crippen MR) is 40.8 cm³/mol. The molecule has 0 rings (SSSR count). The van der Waals surface area contributed by atoms with E-state index < -0.39 is 0 Å². The average molecular weight is 128 g/mol. The molecular weight excluding hydrogens is 112 g/mol. The SMILES string of the molecule is NC=CCCCCCN. The van der Waals surface area contributed by atoms with Crippen LogP contribution >= 0.6 is 0 Å². The van der Waals surface area contributed by atoms with Crippen LogP contribution in [0.25, 0.3) is 0 Å². The first-order valence-electron chi connectivity index (χ1n) is 3.48. The zero-order valence-electron chi connectivity index (χ0n) is 5.84. The minimum atomic E-state index is 0.812. The molecule has 0 atom stereocenters. The van der Waals surface area contributed by atoms with Gasteiger partial charge in [-0.2, -0.15) is 0 Å². The molecule has 0 aromatic rings. The maximum absolute atomic E-state index is 5.30. The molecule has 54 valence electrons. The second-order valence-electron chi connectivity index (χ2n) is 2.07. The van der Waals surface area contributed by atoms with Gasteiger partial charge in [-0.3, -0.25) is 0 Å². The Morgan fingerprint density at radius 1 is 1.11 bits per heavy atom. The van der Waals surface area contributed by atoms with Crippen LogP contribution in [0.4, 0.5) is 0 Å². The summed E-state index contributed by atoms with van der Waals surface area (Å²) in [5.41, 5.74) is 10.4. The van der Waals surface area contributed by atoms with Crippen molar-refractivity contribution in [1.82, 2.24) is 0 Å². The number of unbranched alkanes of at least 4 members (excludes halogenated alkanes) is 3. The van der Waals surface area contributed by atoms with Gasteiger partial charge in [0.2, 0.25) is 0 Å². The van der Waals surface area contributed by atoms with E-state index in [9.17, 15) is 0 Å². The molecule has 0 aromatic heterocycles. The number of rotatable bonds is 5. The largest absolute Gasteiger partial charge is 0.405 e. The third-order valence-corrected chi connectivity index (χ3v) is 1.21. The standard InChI is InChI=1S/C7H16N2/c8-6-4-2-1-3-5-7-9/h4,6H,1-3,5,7-9H2. The summed E-state index contributed by atoms with van der Waals surface area (Å²) in [4.78, 5) is 0. The number of allylic oxidation sites excluding steroid dienone is 1. The molecule has 2 nitrogen and oxygen atoms in total. The van der Waals surface area contributed by atoms with Gasteiger partial charge in [0, 0.05) is 0 Å². The maximum atomic E-state index is 5.30. The Morgan fingerprint density at radius 2 is 1.89 bits per heavy atom. The van der Waals surface area contributed by atoms with E-state index in [1.54, 1.807) is 6.20 Å². The molecule has 0 aliphatic rings. The molecule has 2 heteroatoms. The molecular formula is C7H16N2. The van der Waals surface area contributed by atoms with Crippen LogP contribution in [-0.4, -0.2) is 6.54 Å². The third kappa shape index (κ3) is 7.50. The highest BCUT2D eigenvalue weighted by Gasteiger charge is 1.82. The molecule has 0 amide bonds. The highest BCUT2D eigenvalue weighted by atomic mass is 14.5. The minimum absolute atomic E-state index is 0.812. The highest BCUT2D eigenvalue weighted by molar-refractivity contribution is 4.74. The molecule has 0 aliphatic heterocycles. The Labute approximate surface area is 56.9 Å². The molecule has 0 bridgehead atoms. The Hall–Kier alpha value is -0.500. The lowest BCUT2D eigenvalue weighted by atomic mass is 10.2. The molecule has 0 saturated carbocycles. The van der Waals surface area contributed by atoms with Gasteiger partial charge in [0.1, 0.15) is 0 Å². The lowest BCUT2D eigenvalue weighted by Gasteiger charge is -1.92. The summed E-state index contributed by atoms with van der Waals surface area (Å²) < 4.78 is 0. The van der Waals surface area contributed by atoms with Gasteiger partial charge in [0.15, 0.2) is 0 Å². The molecule has 0 radical (unpaired) electrons. The van der Waals surface area contributed by atoms with Crippen molar-refractivity contribution in [1.29, 1.82) is 0 Å². The Balaban J connectivity index is 2.75. The summed E-state index contributed by atoms with van der Waals surface area (Å²) in [6.45, 7) is 0.812. The Kier molecular flexibility index (Phi) is 7.08. The smallest absolute Gasteiger partial charge is 0.00773 e. The Morgan fingerprint density at radius 3 is 2.44 bits per heavy atom. The van der Waals surface area contributed by atoms with Crippen LogP contribution in [0, 0.1) is 0 Å². The fourth-order valence-electron chi connectivity index (χ4n) is 0.680. The molecule has 4 N–H and O–H groups in total. The predicted octanol–water partition coefficient (Wildman–Crippen LogP) is 0.978. The summed E-state index contributed by atoms with van der Waals surface area (Å²) >= 11 is 0. The van der Waals surface area contributed by atoms with Gasteiger partial charge in [0.05, 0.1) is 0 Å². The second kappa shape index (κ2) is 7.50. The summed E-state index contributed by atoms with van der Waals surface area (Å²) in [6, 6.07) is 0. The fourth-order valence-corrected chi connectivity index (χ4v) is 0.680. The van der Waals surface area contributed by atoms with Crippen LogP contribution in [0.1, 0.15) is 25.7 Å². The van der Waals surface area contributed by atoms with Gasteiger partial charge >= 0.3 is 0 Å². The lowest BCUT2D eigenvalue weighted by molar-refractivity contribution is 0.695. The molecule has 0 aromatic carbocycles. The van der Waals surface area contributed by atoms with E-state index in [2.05, 4.69) is 0 Å². The quantitative estimate of drug-likeness (QED) is 0.542. The van der Waals surface area contributed by atoms with Crippen LogP contribution in [0.15, 0.2) is 12.3 Å². The van der Waals surface area contributed by atoms with Crippen molar-refractivity contribution in [3.05, 3.63) is 12.3 Å². The second-order valence-corrected chi connectivity index (χ2v) is 2.07. The van der Waals surface area contributed by atoms with Crippen LogP contribution in [0.2, 0.25) is 0 Å². The van der Waals surface area contributed by atoms with Crippen molar-refractivity contribution >= 4 is 0 Å². The average Bonchev–Trinajstić information content (AvgIpc) is 1.89. The normalized spacial score (nSPS) is 10.8. The molecule has 0 fully saturated rings. The van der Waals surface area contributed by atoms with Crippen molar-refractivity contribution in [2.45, 2.75) is 25.7 Å². The van der Waals surface area contributed by atoms with Gasteiger partial charge in [0.25, 0.3) is 0 Å². The van der Waals surface area contributed by atoms with Crippen LogP contribution in [-0.2, 0) is 0 Å². The third-order valence-electron chi connectivity index (χ3n) is 1.21. The van der Waals surface area contributed by atoms with Crippen LogP contribution in [0.5, 0.6) is 0 Å². The zero-order chi connectivity index (χ0) is 6.95. The number of hydrogen-bond donors (Lipinski definition) is 2. The van der Waals surface area contributed by atoms with Crippen molar-refractivity contribution in [3.8, 4) is 0 Å². The van der Waals surface area contributed by atoms with E-state index in [1.165, 1.54) is 12.8 Å². The van der Waals surface area contributed by atoms with E-state index >= 15 is 0 Å². The van der Waals surface area contributed by atoms with E-state index in [-0.39, 0.29) is 0 Å². The van der Waals surface area contributed by atoms with E-state index in [0.29, 0.717) is 0 Å². The van der Waals surface area contributed by atoms with E-state index in [0.717, 1.165) is 19.4 Å².